The van der Waals surface area contributed by atoms with Gasteiger partial charge in [0.25, 0.3) is 0 Å². The number of benzene rings is 1. The van der Waals surface area contributed by atoms with Crippen molar-refractivity contribution in [2.75, 3.05) is 13.7 Å². The molecule has 19 heavy (non-hydrogen) atoms. The van der Waals surface area contributed by atoms with E-state index in [1.54, 1.807) is 0 Å². The number of carboxylic acid groups (broad SMARTS) is 1. The van der Waals surface area contributed by atoms with Crippen LogP contribution >= 0.6 is 15.9 Å². The molecule has 3 N–H and O–H groups in total. The predicted molar refractivity (Wildman–Crippen MR) is 68.8 cm³/mol. The first-order chi connectivity index (χ1) is 8.95. The number of phenols is 1. The quantitative estimate of drug-likeness (QED) is 0.788. The number of aromatic hydroxyl groups is 1. The highest BCUT2D eigenvalue weighted by molar-refractivity contribution is 9.10. The van der Waals surface area contributed by atoms with Gasteiger partial charge in [0.05, 0.1) is 17.5 Å². The Bertz CT molecular complexity index is 523. The molecule has 2 atom stereocenters. The van der Waals surface area contributed by atoms with Gasteiger partial charge in [-0.1, -0.05) is 0 Å². The number of phenolic OH excluding ortho intramolecular Hbond substituents is 1. The summed E-state index contributed by atoms with van der Waals surface area (Å²) in [4.78, 5) is 10.9. The van der Waals surface area contributed by atoms with E-state index in [9.17, 15) is 14.3 Å². The zero-order valence-electron chi connectivity index (χ0n) is 10.1. The van der Waals surface area contributed by atoms with Crippen LogP contribution in [0.2, 0.25) is 0 Å². The second-order valence-corrected chi connectivity index (χ2v) is 5.16. The van der Waals surface area contributed by atoms with E-state index >= 15 is 0 Å². The van der Waals surface area contributed by atoms with Gasteiger partial charge in [0, 0.05) is 24.2 Å². The number of methoxy groups -OCH3 is 1. The molecule has 0 radical (unpaired) electrons. The molecule has 1 aromatic rings. The molecule has 0 amide bonds. The van der Waals surface area contributed by atoms with E-state index in [1.807, 2.05) is 0 Å². The van der Waals surface area contributed by atoms with E-state index in [0.717, 1.165) is 6.07 Å². The molecule has 2 unspecified atom stereocenters. The molecule has 104 valence electrons. The van der Waals surface area contributed by atoms with Crippen LogP contribution in [0.25, 0.3) is 0 Å². The third kappa shape index (κ3) is 2.52. The lowest BCUT2D eigenvalue weighted by Gasteiger charge is -2.17. The van der Waals surface area contributed by atoms with Crippen LogP contribution in [0, 0.1) is 11.7 Å². The molecule has 0 saturated carbocycles. The highest BCUT2D eigenvalue weighted by atomic mass is 79.9. The average molecular weight is 334 g/mol. The number of ether oxygens (including phenoxy) is 1. The highest BCUT2D eigenvalue weighted by Gasteiger charge is 2.34. The van der Waals surface area contributed by atoms with Crippen molar-refractivity contribution in [3.63, 3.8) is 0 Å². The Morgan fingerprint density at radius 2 is 2.32 bits per heavy atom. The van der Waals surface area contributed by atoms with Gasteiger partial charge in [-0.05, 0) is 22.4 Å². The lowest BCUT2D eigenvalue weighted by Crippen LogP contribution is -2.17. The minimum Gasteiger partial charge on any atom is -0.504 e. The van der Waals surface area contributed by atoms with Crippen LogP contribution < -0.4 is 10.1 Å². The number of carboxylic acids is 1. The van der Waals surface area contributed by atoms with Gasteiger partial charge in [-0.3, -0.25) is 4.79 Å². The third-order valence-corrected chi connectivity index (χ3v) is 4.05. The molecule has 0 spiro atoms. The number of rotatable bonds is 3. The predicted octanol–water partition coefficient (Wildman–Crippen LogP) is 2.04. The Morgan fingerprint density at radius 3 is 2.84 bits per heavy atom. The van der Waals surface area contributed by atoms with Crippen LogP contribution in [0.5, 0.6) is 11.5 Å². The second kappa shape index (κ2) is 5.34. The van der Waals surface area contributed by atoms with E-state index in [2.05, 4.69) is 21.2 Å². The summed E-state index contributed by atoms with van der Waals surface area (Å²) in [6, 6.07) is 0.645. The first-order valence-electron chi connectivity index (χ1n) is 5.66. The van der Waals surface area contributed by atoms with E-state index in [0.29, 0.717) is 5.56 Å². The van der Waals surface area contributed by atoms with Crippen molar-refractivity contribution in [2.45, 2.75) is 12.5 Å². The Kier molecular flexibility index (Phi) is 3.96. The maximum absolute atomic E-state index is 13.7. The van der Waals surface area contributed by atoms with Crippen LogP contribution in [-0.2, 0) is 4.79 Å². The summed E-state index contributed by atoms with van der Waals surface area (Å²) < 4.78 is 18.8. The molecule has 1 aliphatic rings. The average Bonchev–Trinajstić information content (AvgIpc) is 2.83. The zero-order valence-corrected chi connectivity index (χ0v) is 11.7. The smallest absolute Gasteiger partial charge is 0.307 e. The SMILES string of the molecule is COc1cc(F)c(Br)c(C2CC(C(=O)O)CN2)c1O. The number of carbonyl (C=O) groups is 1. The highest BCUT2D eigenvalue weighted by Crippen LogP contribution is 2.43. The standard InChI is InChI=1S/C12H13BrFNO4/c1-19-8-3-6(14)10(13)9(11(8)16)7-2-5(4-15-7)12(17)18/h3,5,7,15-16H,2,4H2,1H3,(H,17,18). The monoisotopic (exact) mass is 333 g/mol. The van der Waals surface area contributed by atoms with Gasteiger partial charge in [-0.2, -0.15) is 0 Å². The van der Waals surface area contributed by atoms with E-state index in [4.69, 9.17) is 9.84 Å². The topological polar surface area (TPSA) is 78.8 Å². The van der Waals surface area contributed by atoms with Crippen molar-refractivity contribution in [1.29, 1.82) is 0 Å². The summed E-state index contributed by atoms with van der Waals surface area (Å²) in [5, 5.41) is 22.0. The molecule has 1 heterocycles. The second-order valence-electron chi connectivity index (χ2n) is 4.37. The third-order valence-electron chi connectivity index (χ3n) is 3.24. The molecule has 0 aliphatic carbocycles. The van der Waals surface area contributed by atoms with Crippen molar-refractivity contribution >= 4 is 21.9 Å². The van der Waals surface area contributed by atoms with Crippen LogP contribution in [0.1, 0.15) is 18.0 Å². The minimum atomic E-state index is -0.908. The Balaban J connectivity index is 2.40. The molecule has 2 rings (SSSR count). The van der Waals surface area contributed by atoms with Gasteiger partial charge in [0.15, 0.2) is 11.5 Å². The molecule has 1 saturated heterocycles. The fraction of sp³-hybridized carbons (Fsp3) is 0.417. The number of hydrogen-bond donors (Lipinski definition) is 3. The van der Waals surface area contributed by atoms with Gasteiger partial charge < -0.3 is 20.3 Å². The van der Waals surface area contributed by atoms with Crippen LogP contribution in [-0.4, -0.2) is 29.8 Å². The van der Waals surface area contributed by atoms with Crippen molar-refractivity contribution in [3.8, 4) is 11.5 Å². The number of nitrogens with one attached hydrogen (secondary N) is 1. The van der Waals surface area contributed by atoms with Crippen LogP contribution in [0.4, 0.5) is 4.39 Å². The van der Waals surface area contributed by atoms with Crippen molar-refractivity contribution in [1.82, 2.24) is 5.32 Å². The normalized spacial score (nSPS) is 22.5. The van der Waals surface area contributed by atoms with E-state index < -0.39 is 23.7 Å². The molecular weight excluding hydrogens is 321 g/mol. The first kappa shape index (κ1) is 14.1. The Hall–Kier alpha value is -1.34. The van der Waals surface area contributed by atoms with Crippen LogP contribution in [0.3, 0.4) is 0 Å². The fourth-order valence-corrected chi connectivity index (χ4v) is 2.81. The number of hydrogen-bond acceptors (Lipinski definition) is 4. The van der Waals surface area contributed by atoms with Crippen molar-refractivity contribution in [2.24, 2.45) is 5.92 Å². The van der Waals surface area contributed by atoms with Gasteiger partial charge >= 0.3 is 5.97 Å². The van der Waals surface area contributed by atoms with Gasteiger partial charge in [0.1, 0.15) is 5.82 Å². The molecule has 0 bridgehead atoms. The molecule has 7 heteroatoms. The van der Waals surface area contributed by atoms with Gasteiger partial charge in [0.2, 0.25) is 0 Å². The molecule has 0 aromatic heterocycles. The number of aliphatic carboxylic acids is 1. The minimum absolute atomic E-state index is 0.0243. The van der Waals surface area contributed by atoms with Gasteiger partial charge in [-0.25, -0.2) is 4.39 Å². The summed E-state index contributed by atoms with van der Waals surface area (Å²) in [6.07, 6.45) is 0.286. The number of halogens is 2. The molecule has 1 aromatic carbocycles. The van der Waals surface area contributed by atoms with Crippen molar-refractivity contribution in [3.05, 3.63) is 21.9 Å². The molecular formula is C12H13BrFNO4. The molecule has 1 fully saturated rings. The molecule has 5 nitrogen and oxygen atoms in total. The summed E-state index contributed by atoms with van der Waals surface area (Å²) in [7, 11) is 1.33. The van der Waals surface area contributed by atoms with Crippen LogP contribution in [0.15, 0.2) is 10.5 Å². The fourth-order valence-electron chi connectivity index (χ4n) is 2.23. The van der Waals surface area contributed by atoms with Gasteiger partial charge in [-0.15, -0.1) is 0 Å². The largest absolute Gasteiger partial charge is 0.504 e. The lowest BCUT2D eigenvalue weighted by molar-refractivity contribution is -0.141. The lowest BCUT2D eigenvalue weighted by atomic mass is 9.99. The summed E-state index contributed by atoms with van der Waals surface area (Å²) >= 11 is 3.08. The maximum Gasteiger partial charge on any atom is 0.307 e. The maximum atomic E-state index is 13.7. The summed E-state index contributed by atoms with van der Waals surface area (Å²) in [5.74, 6) is -2.18. The summed E-state index contributed by atoms with van der Waals surface area (Å²) in [6.45, 7) is 0.282. The summed E-state index contributed by atoms with van der Waals surface area (Å²) in [5.41, 5.74) is 0.292. The Morgan fingerprint density at radius 1 is 1.63 bits per heavy atom. The zero-order chi connectivity index (χ0) is 14.2. The first-order valence-corrected chi connectivity index (χ1v) is 6.46. The Labute approximate surface area is 117 Å². The van der Waals surface area contributed by atoms with E-state index in [1.165, 1.54) is 7.11 Å². The van der Waals surface area contributed by atoms with Crippen molar-refractivity contribution < 1.29 is 24.1 Å². The van der Waals surface area contributed by atoms with E-state index in [-0.39, 0.29) is 28.9 Å². The molecule has 1 aliphatic heterocycles.